The number of aromatic nitrogens is 4. The zero-order chi connectivity index (χ0) is 31.7. The summed E-state index contributed by atoms with van der Waals surface area (Å²) in [6, 6.07) is 9.48. The maximum atomic E-state index is 14.1. The summed E-state index contributed by atoms with van der Waals surface area (Å²) in [7, 11) is 1.61. The Morgan fingerprint density at radius 2 is 1.96 bits per heavy atom. The first-order chi connectivity index (χ1) is 22.1. The van der Waals surface area contributed by atoms with Crippen molar-refractivity contribution >= 4 is 28.5 Å². The number of amides is 2. The van der Waals surface area contributed by atoms with Gasteiger partial charge >= 0.3 is 0 Å². The number of halogens is 1. The molecule has 6 aliphatic rings. The highest BCUT2D eigenvalue weighted by atomic mass is 19.1. The lowest BCUT2D eigenvalue weighted by molar-refractivity contribution is -0.214. The van der Waals surface area contributed by atoms with Crippen LogP contribution in [0.15, 0.2) is 42.1 Å². The number of nitrogens with zero attached hydrogens (tertiary/aromatic N) is 5. The zero-order valence-corrected chi connectivity index (χ0v) is 26.3. The quantitative estimate of drug-likeness (QED) is 0.286. The van der Waals surface area contributed by atoms with E-state index in [2.05, 4.69) is 28.1 Å². The second kappa shape index (κ2) is 9.40. The summed E-state index contributed by atoms with van der Waals surface area (Å²) >= 11 is 0. The predicted octanol–water partition coefficient (Wildman–Crippen LogP) is 4.98. The zero-order valence-electron chi connectivity index (χ0n) is 26.3. The number of ether oxygens (including phenoxy) is 1. The molecule has 46 heavy (non-hydrogen) atoms. The third kappa shape index (κ3) is 3.96. The molecule has 4 aliphatic carbocycles. The molecule has 0 spiro atoms. The Bertz CT molecular complexity index is 2000. The maximum Gasteiger partial charge on any atom is 0.258 e. The van der Waals surface area contributed by atoms with E-state index in [1.54, 1.807) is 13.2 Å². The van der Waals surface area contributed by atoms with Gasteiger partial charge in [-0.05, 0) is 89.0 Å². The Kier molecular flexibility index (Phi) is 5.73. The number of hydrogen-bond donors (Lipinski definition) is 2. The van der Waals surface area contributed by atoms with Crippen molar-refractivity contribution in [2.45, 2.75) is 89.1 Å². The fourth-order valence-corrected chi connectivity index (χ4v) is 8.48. The lowest BCUT2D eigenvalue weighted by Crippen LogP contribution is -2.70. The monoisotopic (exact) mass is 623 g/mol. The summed E-state index contributed by atoms with van der Waals surface area (Å²) in [5, 5.41) is 4.10. The fraction of sp³-hybridized carbons (Fsp3) is 0.486. The largest absolute Gasteiger partial charge is 0.482 e. The van der Waals surface area contributed by atoms with E-state index in [0.29, 0.717) is 42.3 Å². The molecule has 0 unspecified atom stereocenters. The van der Waals surface area contributed by atoms with E-state index in [1.807, 2.05) is 35.3 Å². The first-order valence-electron chi connectivity index (χ1n) is 16.4. The molecule has 4 bridgehead atoms. The first-order valence-corrected chi connectivity index (χ1v) is 16.4. The van der Waals surface area contributed by atoms with Crippen LogP contribution in [-0.4, -0.2) is 60.5 Å². The molecule has 0 aromatic carbocycles. The van der Waals surface area contributed by atoms with Crippen LogP contribution in [0, 0.1) is 18.3 Å². The van der Waals surface area contributed by atoms with Crippen LogP contribution in [0.25, 0.3) is 28.1 Å². The molecule has 4 aromatic rings. The summed E-state index contributed by atoms with van der Waals surface area (Å²) in [6.45, 7) is 4.77. The Morgan fingerprint density at radius 3 is 2.61 bits per heavy atom. The molecule has 10 nitrogen and oxygen atoms in total. The molecule has 10 rings (SSSR count). The van der Waals surface area contributed by atoms with Gasteiger partial charge in [0.25, 0.3) is 5.91 Å². The van der Waals surface area contributed by atoms with Gasteiger partial charge in [-0.1, -0.05) is 6.08 Å². The van der Waals surface area contributed by atoms with Crippen molar-refractivity contribution in [2.24, 2.45) is 17.1 Å². The normalized spacial score (nSPS) is 28.3. The van der Waals surface area contributed by atoms with E-state index in [1.165, 1.54) is 12.8 Å². The minimum absolute atomic E-state index is 0.0699. The lowest BCUT2D eigenvalue weighted by atomic mass is 9.42. The number of pyridine rings is 2. The number of methoxy groups -OCH3 is 1. The molecule has 1 saturated heterocycles. The highest BCUT2D eigenvalue weighted by molar-refractivity contribution is 5.98. The van der Waals surface area contributed by atoms with Crippen molar-refractivity contribution in [3.8, 4) is 17.3 Å². The van der Waals surface area contributed by atoms with Gasteiger partial charge in [0.1, 0.15) is 22.7 Å². The number of fused-ring (bicyclic) bond motifs is 4. The molecule has 5 fully saturated rings. The summed E-state index contributed by atoms with van der Waals surface area (Å²) in [4.78, 5) is 38.8. The number of rotatable bonds is 8. The topological polar surface area (TPSA) is 120 Å². The average Bonchev–Trinajstić information content (AvgIpc) is 3.33. The molecule has 3 N–H and O–H groups in total. The van der Waals surface area contributed by atoms with E-state index in [-0.39, 0.29) is 29.9 Å². The number of nitrogens with two attached hydrogens (primary N) is 1. The molecule has 238 valence electrons. The second-order valence-electron chi connectivity index (χ2n) is 14.5. The third-order valence-corrected chi connectivity index (χ3v) is 11.1. The number of carbonyl (C=O) groups excluding carboxylic acids is 2. The predicted molar refractivity (Wildman–Crippen MR) is 170 cm³/mol. The smallest absolute Gasteiger partial charge is 0.258 e. The van der Waals surface area contributed by atoms with Gasteiger partial charge < -0.3 is 25.3 Å². The third-order valence-electron chi connectivity index (χ3n) is 11.1. The van der Waals surface area contributed by atoms with Crippen molar-refractivity contribution < 1.29 is 18.7 Å². The molecule has 2 aliphatic heterocycles. The number of aryl methyl sites for hydroxylation is 1. The van der Waals surface area contributed by atoms with Crippen LogP contribution in [-0.2, 0) is 11.3 Å². The van der Waals surface area contributed by atoms with Gasteiger partial charge in [0.15, 0.2) is 5.88 Å². The summed E-state index contributed by atoms with van der Waals surface area (Å²) in [5.74, 6) is 0.962. The summed E-state index contributed by atoms with van der Waals surface area (Å²) in [5.41, 5.74) is 11.0. The van der Waals surface area contributed by atoms with Gasteiger partial charge in [0.05, 0.1) is 35.6 Å². The van der Waals surface area contributed by atoms with E-state index < -0.39 is 11.1 Å². The van der Waals surface area contributed by atoms with E-state index in [0.717, 1.165) is 58.9 Å². The van der Waals surface area contributed by atoms with E-state index in [9.17, 15) is 14.0 Å². The van der Waals surface area contributed by atoms with Crippen molar-refractivity contribution in [1.82, 2.24) is 29.2 Å². The molecular weight excluding hydrogens is 585 g/mol. The van der Waals surface area contributed by atoms with E-state index >= 15 is 0 Å². The molecule has 11 heteroatoms. The van der Waals surface area contributed by atoms with Gasteiger partial charge in [-0.15, -0.1) is 0 Å². The molecule has 2 amide bonds. The molecular formula is C35H38FN7O3. The van der Waals surface area contributed by atoms with Crippen LogP contribution in [0.4, 0.5) is 4.39 Å². The SMILES string of the molecule is COc1cc(C(=O)N2C3=CC[C@H]2C[C@H]3N)cc2nc(-c3cc4ccc([C@@H](C)NC(=O)C56CC(F)(C5)C6)nc4n3CC3CC3)c(C)n12. The van der Waals surface area contributed by atoms with Crippen molar-refractivity contribution in [3.63, 3.8) is 0 Å². The van der Waals surface area contributed by atoms with Crippen LogP contribution in [0.5, 0.6) is 5.88 Å². The first kappa shape index (κ1) is 28.0. The number of carbonyl (C=O) groups is 2. The molecule has 4 saturated carbocycles. The molecule has 0 radical (unpaired) electrons. The highest BCUT2D eigenvalue weighted by Crippen LogP contribution is 2.69. The van der Waals surface area contributed by atoms with Crippen LogP contribution < -0.4 is 15.8 Å². The molecule has 3 atom stereocenters. The van der Waals surface area contributed by atoms with Gasteiger partial charge in [-0.25, -0.2) is 14.4 Å². The fourth-order valence-electron chi connectivity index (χ4n) is 8.48. The molecule has 4 aromatic heterocycles. The number of hydrogen-bond acceptors (Lipinski definition) is 6. The Labute approximate surface area is 265 Å². The van der Waals surface area contributed by atoms with Gasteiger partial charge in [-0.2, -0.15) is 0 Å². The second-order valence-corrected chi connectivity index (χ2v) is 14.5. The maximum absolute atomic E-state index is 14.1. The number of imidazole rings is 1. The average molecular weight is 624 g/mol. The summed E-state index contributed by atoms with van der Waals surface area (Å²) in [6.07, 6.45) is 7.06. The van der Waals surface area contributed by atoms with Crippen molar-refractivity contribution in [2.75, 3.05) is 7.11 Å². The minimum Gasteiger partial charge on any atom is -0.482 e. The Balaban J connectivity index is 1.09. The highest BCUT2D eigenvalue weighted by Gasteiger charge is 2.72. The van der Waals surface area contributed by atoms with Crippen LogP contribution in [0.3, 0.4) is 0 Å². The van der Waals surface area contributed by atoms with Crippen molar-refractivity contribution in [1.29, 1.82) is 0 Å². The van der Waals surface area contributed by atoms with Crippen LogP contribution in [0.1, 0.15) is 79.7 Å². The lowest BCUT2D eigenvalue weighted by Gasteiger charge is -2.64. The van der Waals surface area contributed by atoms with Crippen LogP contribution >= 0.6 is 0 Å². The number of alkyl halides is 1. The van der Waals surface area contributed by atoms with Gasteiger partial charge in [0, 0.05) is 41.3 Å². The van der Waals surface area contributed by atoms with Gasteiger partial charge in [0.2, 0.25) is 5.91 Å². The molecule has 6 heterocycles. The number of nitrogens with one attached hydrogen (secondary N) is 1. The Morgan fingerprint density at radius 1 is 1.17 bits per heavy atom. The van der Waals surface area contributed by atoms with E-state index in [4.69, 9.17) is 20.4 Å². The standard InChI is InChI=1S/C35H38FN7O3/c1-18(38-33(45)34-15-35(36,16-34)17-34)25-8-6-21-10-27(41(31(21)39-25)14-20-4-5-20)30-19(2)42-28(40-30)11-22(12-29(42)46-3)32(44)43-23-7-9-26(43)24(37)13-23/h6,8-12,18,20,23-24H,4-5,7,13-17,37H2,1-3H3,(H,38,45)/t18-,23+,24-,34?,35?/m1/s1. The van der Waals surface area contributed by atoms with Crippen molar-refractivity contribution in [3.05, 3.63) is 59.1 Å². The Hall–Kier alpha value is -4.25. The van der Waals surface area contributed by atoms with Crippen LogP contribution in [0.2, 0.25) is 0 Å². The summed E-state index contributed by atoms with van der Waals surface area (Å²) < 4.78 is 24.1. The van der Waals surface area contributed by atoms with Gasteiger partial charge in [-0.3, -0.25) is 14.0 Å². The minimum atomic E-state index is -1.12.